The Labute approximate surface area is 170 Å². The molecule has 0 aliphatic rings. The quantitative estimate of drug-likeness (QED) is 0.176. The summed E-state index contributed by atoms with van der Waals surface area (Å²) in [5.74, 6) is -0.665. The summed E-state index contributed by atoms with van der Waals surface area (Å²) in [5.41, 5.74) is 0.861. The second kappa shape index (κ2) is 9.36. The van der Waals surface area contributed by atoms with Crippen LogP contribution in [0, 0.1) is 10.1 Å². The molecule has 1 aromatic rings. The molecular weight excluding hydrogens is 378 g/mol. The maximum Gasteiger partial charge on any atom is 0.336 e. The van der Waals surface area contributed by atoms with Gasteiger partial charge in [-0.05, 0) is 23.0 Å². The highest BCUT2D eigenvalue weighted by Gasteiger charge is 2.29. The molecule has 0 unspecified atom stereocenters. The Kier molecular flexibility index (Phi) is 7.71. The first-order valence-corrected chi connectivity index (χ1v) is 8.89. The maximum absolute atomic E-state index is 12.3. The van der Waals surface area contributed by atoms with E-state index in [1.165, 1.54) is 0 Å². The Bertz CT molecular complexity index is 805. The lowest BCUT2D eigenvalue weighted by molar-refractivity contribution is -0.403. The number of rotatable bonds is 6. The van der Waals surface area contributed by atoms with Crippen LogP contribution in [-0.4, -0.2) is 24.0 Å². The predicted molar refractivity (Wildman–Crippen MR) is 107 cm³/mol. The highest BCUT2D eigenvalue weighted by molar-refractivity contribution is 5.93. The molecule has 29 heavy (non-hydrogen) atoms. The van der Waals surface area contributed by atoms with Crippen molar-refractivity contribution in [3.8, 4) is 11.5 Å². The van der Waals surface area contributed by atoms with Crippen LogP contribution in [0.15, 0.2) is 36.7 Å². The Morgan fingerprint density at radius 2 is 1.45 bits per heavy atom. The van der Waals surface area contributed by atoms with Gasteiger partial charge in [-0.25, -0.2) is 9.59 Å². The molecule has 1 rings (SSSR count). The number of nitro groups is 1. The maximum atomic E-state index is 12.3. The zero-order chi connectivity index (χ0) is 22.4. The lowest BCUT2D eigenvalue weighted by Gasteiger charge is -2.29. The zero-order valence-corrected chi connectivity index (χ0v) is 17.8. The van der Waals surface area contributed by atoms with Gasteiger partial charge in [0.15, 0.2) is 6.26 Å². The number of nitrogens with zero attached hydrogens (tertiary/aromatic N) is 1. The summed E-state index contributed by atoms with van der Waals surface area (Å²) < 4.78 is 15.5. The number of methoxy groups -OCH3 is 1. The SMILES string of the molecule is COc1cc(C(C)(C)C)c(OC(=O)/C=C/C(=O)O/C=C/[N+](=O)[O-])c(C(C)(C)C)c1. The van der Waals surface area contributed by atoms with Gasteiger partial charge in [0.25, 0.3) is 6.20 Å². The number of hydrogen-bond acceptors (Lipinski definition) is 7. The number of ether oxygens (including phenoxy) is 3. The average Bonchev–Trinajstić information content (AvgIpc) is 2.57. The Morgan fingerprint density at radius 1 is 0.966 bits per heavy atom. The van der Waals surface area contributed by atoms with Gasteiger partial charge in [-0.1, -0.05) is 41.5 Å². The lowest BCUT2D eigenvalue weighted by atomic mass is 9.79. The monoisotopic (exact) mass is 405 g/mol. The molecule has 0 aromatic heterocycles. The van der Waals surface area contributed by atoms with Crippen molar-refractivity contribution in [2.45, 2.75) is 52.4 Å². The molecule has 8 nitrogen and oxygen atoms in total. The zero-order valence-electron chi connectivity index (χ0n) is 17.8. The molecule has 0 amide bonds. The van der Waals surface area contributed by atoms with Crippen LogP contribution in [0.3, 0.4) is 0 Å². The molecule has 8 heteroatoms. The van der Waals surface area contributed by atoms with E-state index in [2.05, 4.69) is 4.74 Å². The molecule has 0 saturated carbocycles. The molecule has 0 saturated heterocycles. The molecule has 0 aliphatic carbocycles. The van der Waals surface area contributed by atoms with Crippen LogP contribution < -0.4 is 9.47 Å². The fourth-order valence-electron chi connectivity index (χ4n) is 2.40. The van der Waals surface area contributed by atoms with E-state index >= 15 is 0 Å². The third-order valence-electron chi connectivity index (χ3n) is 3.84. The van der Waals surface area contributed by atoms with Crippen LogP contribution in [0.5, 0.6) is 11.5 Å². The van der Waals surface area contributed by atoms with Crippen molar-refractivity contribution in [3.05, 3.63) is 58.0 Å². The first-order chi connectivity index (χ1) is 13.3. The summed E-state index contributed by atoms with van der Waals surface area (Å²) in [5, 5.41) is 10.1. The van der Waals surface area contributed by atoms with Crippen LogP contribution in [0.1, 0.15) is 52.7 Å². The van der Waals surface area contributed by atoms with Gasteiger partial charge in [0.2, 0.25) is 0 Å². The molecule has 0 atom stereocenters. The molecule has 158 valence electrons. The molecule has 0 bridgehead atoms. The molecule has 0 fully saturated rings. The van der Waals surface area contributed by atoms with E-state index in [1.807, 2.05) is 53.7 Å². The van der Waals surface area contributed by atoms with E-state index in [0.29, 0.717) is 24.0 Å². The van der Waals surface area contributed by atoms with Crippen LogP contribution in [0.4, 0.5) is 0 Å². The summed E-state index contributed by atoms with van der Waals surface area (Å²) in [4.78, 5) is 33.2. The highest BCUT2D eigenvalue weighted by Crippen LogP contribution is 2.42. The van der Waals surface area contributed by atoms with Crippen LogP contribution in [0.2, 0.25) is 0 Å². The molecule has 0 radical (unpaired) electrons. The van der Waals surface area contributed by atoms with Gasteiger partial charge in [0.05, 0.1) is 12.0 Å². The van der Waals surface area contributed by atoms with Gasteiger partial charge < -0.3 is 14.2 Å². The fourth-order valence-corrected chi connectivity index (χ4v) is 2.40. The summed E-state index contributed by atoms with van der Waals surface area (Å²) >= 11 is 0. The number of carbonyl (C=O) groups excluding carboxylic acids is 2. The fraction of sp³-hybridized carbons (Fsp3) is 0.429. The Morgan fingerprint density at radius 3 is 1.86 bits per heavy atom. The van der Waals surface area contributed by atoms with Crippen molar-refractivity contribution < 1.29 is 28.7 Å². The smallest absolute Gasteiger partial charge is 0.336 e. The van der Waals surface area contributed by atoms with E-state index in [9.17, 15) is 19.7 Å². The van der Waals surface area contributed by atoms with Crippen molar-refractivity contribution in [1.82, 2.24) is 0 Å². The third kappa shape index (κ3) is 7.40. The van der Waals surface area contributed by atoms with E-state index < -0.39 is 16.9 Å². The largest absolute Gasteiger partial charge is 0.497 e. The van der Waals surface area contributed by atoms with Gasteiger partial charge in [-0.15, -0.1) is 0 Å². The van der Waals surface area contributed by atoms with Gasteiger partial charge in [0.1, 0.15) is 11.5 Å². The molecule has 0 N–H and O–H groups in total. The second-order valence-electron chi connectivity index (χ2n) is 8.31. The normalized spacial score (nSPS) is 12.2. The van der Waals surface area contributed by atoms with Crippen molar-refractivity contribution in [3.63, 3.8) is 0 Å². The summed E-state index contributed by atoms with van der Waals surface area (Å²) in [6.45, 7) is 11.9. The Balaban J connectivity index is 3.22. The minimum absolute atomic E-state index is 0.347. The second-order valence-corrected chi connectivity index (χ2v) is 8.31. The molecule has 0 spiro atoms. The highest BCUT2D eigenvalue weighted by atomic mass is 16.6. The number of hydrogen-bond donors (Lipinski definition) is 0. The van der Waals surface area contributed by atoms with Crippen molar-refractivity contribution >= 4 is 11.9 Å². The van der Waals surface area contributed by atoms with Crippen molar-refractivity contribution in [1.29, 1.82) is 0 Å². The first kappa shape index (κ1) is 23.9. The summed E-state index contributed by atoms with van der Waals surface area (Å²) in [6, 6.07) is 3.64. The third-order valence-corrected chi connectivity index (χ3v) is 3.84. The van der Waals surface area contributed by atoms with Crippen LogP contribution in [-0.2, 0) is 25.2 Å². The average molecular weight is 405 g/mol. The van der Waals surface area contributed by atoms with E-state index in [0.717, 1.165) is 23.3 Å². The standard InChI is InChI=1S/C21H27NO7/c1-20(2,3)15-12-14(27-7)13-16(21(4,5)6)19(15)29-18(24)9-8-17(23)28-11-10-22(25)26/h8-13H,1-7H3/b9-8+,11-10+. The number of carbonyl (C=O) groups is 2. The minimum Gasteiger partial charge on any atom is -0.497 e. The number of esters is 2. The summed E-state index contributed by atoms with van der Waals surface area (Å²) in [7, 11) is 1.57. The van der Waals surface area contributed by atoms with Crippen LogP contribution >= 0.6 is 0 Å². The molecule has 0 aliphatic heterocycles. The van der Waals surface area contributed by atoms with Gasteiger partial charge in [-0.3, -0.25) is 10.1 Å². The van der Waals surface area contributed by atoms with E-state index in [4.69, 9.17) is 9.47 Å². The van der Waals surface area contributed by atoms with Gasteiger partial charge in [0, 0.05) is 23.3 Å². The predicted octanol–water partition coefficient (Wildman–Crippen LogP) is 4.04. The topological polar surface area (TPSA) is 105 Å². The number of benzene rings is 1. The Hall–Kier alpha value is -3.16. The minimum atomic E-state index is -0.943. The van der Waals surface area contributed by atoms with E-state index in [1.54, 1.807) is 7.11 Å². The van der Waals surface area contributed by atoms with Gasteiger partial charge in [-0.2, -0.15) is 0 Å². The first-order valence-electron chi connectivity index (χ1n) is 8.89. The van der Waals surface area contributed by atoms with Crippen LogP contribution in [0.25, 0.3) is 0 Å². The lowest BCUT2D eigenvalue weighted by Crippen LogP contribution is -2.21. The van der Waals surface area contributed by atoms with Crippen molar-refractivity contribution in [2.75, 3.05) is 7.11 Å². The summed E-state index contributed by atoms with van der Waals surface area (Å²) in [6.07, 6.45) is 2.83. The van der Waals surface area contributed by atoms with Gasteiger partial charge >= 0.3 is 11.9 Å². The van der Waals surface area contributed by atoms with E-state index in [-0.39, 0.29) is 10.8 Å². The molecule has 1 aromatic carbocycles. The molecule has 0 heterocycles. The molecular formula is C21H27NO7. The van der Waals surface area contributed by atoms with Crippen molar-refractivity contribution in [2.24, 2.45) is 0 Å².